The predicted octanol–water partition coefficient (Wildman–Crippen LogP) is 3.24. The van der Waals surface area contributed by atoms with E-state index in [2.05, 4.69) is 0 Å². The van der Waals surface area contributed by atoms with E-state index in [-0.39, 0.29) is 22.7 Å². The molecule has 0 heterocycles. The number of halogens is 1. The van der Waals surface area contributed by atoms with Crippen molar-refractivity contribution in [1.82, 2.24) is 4.90 Å². The average Bonchev–Trinajstić information content (AvgIpc) is 2.35. The second kappa shape index (κ2) is 5.56. The van der Waals surface area contributed by atoms with Crippen LogP contribution in [0.5, 0.6) is 0 Å². The van der Waals surface area contributed by atoms with Gasteiger partial charge in [0.05, 0.1) is 10.5 Å². The number of hydrogen-bond acceptors (Lipinski definition) is 3. The fourth-order valence-electron chi connectivity index (χ4n) is 1.74. The van der Waals surface area contributed by atoms with E-state index >= 15 is 0 Å². The highest BCUT2D eigenvalue weighted by atomic mass is 19.1. The van der Waals surface area contributed by atoms with Gasteiger partial charge < -0.3 is 4.90 Å². The van der Waals surface area contributed by atoms with Gasteiger partial charge in [0, 0.05) is 25.2 Å². The van der Waals surface area contributed by atoms with Crippen molar-refractivity contribution < 1.29 is 14.1 Å². The molecule has 0 aromatic heterocycles. The Labute approximate surface area is 117 Å². The number of nitro benzene ring substituents is 1. The number of benzene rings is 1. The molecule has 0 aliphatic heterocycles. The molecular formula is C14H19FN2O3. The SMILES string of the molecule is CC(N(C)C(=O)c1cc([N+](=O)[O-])ccc1F)C(C)(C)C. The van der Waals surface area contributed by atoms with Crippen LogP contribution in [0, 0.1) is 21.3 Å². The Hall–Kier alpha value is -1.98. The average molecular weight is 282 g/mol. The third-order valence-corrected chi connectivity index (χ3v) is 3.55. The molecule has 1 aromatic carbocycles. The van der Waals surface area contributed by atoms with Crippen molar-refractivity contribution in [2.45, 2.75) is 33.7 Å². The van der Waals surface area contributed by atoms with Gasteiger partial charge in [-0.25, -0.2) is 4.39 Å². The van der Waals surface area contributed by atoms with Gasteiger partial charge in [-0.3, -0.25) is 14.9 Å². The first-order valence-corrected chi connectivity index (χ1v) is 6.26. The number of carbonyl (C=O) groups excluding carboxylic acids is 1. The molecule has 1 rings (SSSR count). The zero-order valence-electron chi connectivity index (χ0n) is 12.3. The first kappa shape index (κ1) is 16.1. The van der Waals surface area contributed by atoms with E-state index in [0.29, 0.717) is 0 Å². The lowest BCUT2D eigenvalue weighted by Crippen LogP contribution is -2.43. The van der Waals surface area contributed by atoms with Gasteiger partial charge in [0.15, 0.2) is 0 Å². The molecule has 0 bridgehead atoms. The van der Waals surface area contributed by atoms with Crippen molar-refractivity contribution in [1.29, 1.82) is 0 Å². The van der Waals surface area contributed by atoms with E-state index in [1.807, 2.05) is 27.7 Å². The smallest absolute Gasteiger partial charge is 0.270 e. The van der Waals surface area contributed by atoms with Crippen LogP contribution >= 0.6 is 0 Å². The number of rotatable bonds is 3. The fraction of sp³-hybridized carbons (Fsp3) is 0.500. The summed E-state index contributed by atoms with van der Waals surface area (Å²) in [5.74, 6) is -1.32. The lowest BCUT2D eigenvalue weighted by molar-refractivity contribution is -0.384. The van der Waals surface area contributed by atoms with Gasteiger partial charge in [0.1, 0.15) is 5.82 Å². The molecule has 110 valence electrons. The highest BCUT2D eigenvalue weighted by molar-refractivity contribution is 5.95. The highest BCUT2D eigenvalue weighted by Crippen LogP contribution is 2.25. The van der Waals surface area contributed by atoms with E-state index in [0.717, 1.165) is 18.2 Å². The Morgan fingerprint density at radius 1 is 1.40 bits per heavy atom. The van der Waals surface area contributed by atoms with Crippen LogP contribution in [0.4, 0.5) is 10.1 Å². The molecule has 0 saturated carbocycles. The molecular weight excluding hydrogens is 263 g/mol. The molecule has 1 amide bonds. The van der Waals surface area contributed by atoms with Gasteiger partial charge in [-0.15, -0.1) is 0 Å². The summed E-state index contributed by atoms with van der Waals surface area (Å²) in [5, 5.41) is 10.7. The Balaban J connectivity index is 3.15. The first-order chi connectivity index (χ1) is 9.05. The number of nitrogens with zero attached hydrogens (tertiary/aromatic N) is 2. The van der Waals surface area contributed by atoms with Gasteiger partial charge in [-0.1, -0.05) is 20.8 Å². The number of carbonyl (C=O) groups is 1. The lowest BCUT2D eigenvalue weighted by atomic mass is 9.87. The normalized spacial score (nSPS) is 12.9. The maximum Gasteiger partial charge on any atom is 0.270 e. The van der Waals surface area contributed by atoms with Crippen molar-refractivity contribution in [3.8, 4) is 0 Å². The zero-order valence-corrected chi connectivity index (χ0v) is 12.3. The quantitative estimate of drug-likeness (QED) is 0.631. The van der Waals surface area contributed by atoms with Crippen molar-refractivity contribution in [3.05, 3.63) is 39.7 Å². The molecule has 0 N–H and O–H groups in total. The summed E-state index contributed by atoms with van der Waals surface area (Å²) in [5.41, 5.74) is -0.758. The maximum absolute atomic E-state index is 13.7. The minimum Gasteiger partial charge on any atom is -0.338 e. The Morgan fingerprint density at radius 3 is 2.40 bits per heavy atom. The highest BCUT2D eigenvalue weighted by Gasteiger charge is 2.29. The molecule has 0 fully saturated rings. The summed E-state index contributed by atoms with van der Waals surface area (Å²) in [6.07, 6.45) is 0. The summed E-state index contributed by atoms with van der Waals surface area (Å²) in [6, 6.07) is 2.82. The van der Waals surface area contributed by atoms with Gasteiger partial charge in [-0.2, -0.15) is 0 Å². The predicted molar refractivity (Wildman–Crippen MR) is 74.1 cm³/mol. The molecule has 1 aromatic rings. The molecule has 1 unspecified atom stereocenters. The number of hydrogen-bond donors (Lipinski definition) is 0. The fourth-order valence-corrected chi connectivity index (χ4v) is 1.74. The van der Waals surface area contributed by atoms with Crippen LogP contribution in [-0.2, 0) is 0 Å². The third kappa shape index (κ3) is 3.31. The summed E-state index contributed by atoms with van der Waals surface area (Å²) in [6.45, 7) is 7.74. The summed E-state index contributed by atoms with van der Waals surface area (Å²) < 4.78 is 13.7. The molecule has 0 aliphatic carbocycles. The number of amides is 1. The molecule has 0 aliphatic rings. The third-order valence-electron chi connectivity index (χ3n) is 3.55. The van der Waals surface area contributed by atoms with Crippen LogP contribution < -0.4 is 0 Å². The standard InChI is InChI=1S/C14H19FN2O3/c1-9(14(2,3)4)16(5)13(18)11-8-10(17(19)20)6-7-12(11)15/h6-9H,1-5H3. The Bertz CT molecular complexity index is 538. The van der Waals surface area contributed by atoms with Gasteiger partial charge in [0.25, 0.3) is 11.6 Å². The molecule has 0 saturated heterocycles. The topological polar surface area (TPSA) is 63.5 Å². The summed E-state index contributed by atoms with van der Waals surface area (Å²) in [7, 11) is 1.57. The van der Waals surface area contributed by atoms with Crippen LogP contribution in [0.1, 0.15) is 38.1 Å². The van der Waals surface area contributed by atoms with Crippen molar-refractivity contribution in [2.75, 3.05) is 7.05 Å². The van der Waals surface area contributed by atoms with Crippen LogP contribution in [0.2, 0.25) is 0 Å². The molecule has 0 spiro atoms. The minimum atomic E-state index is -0.756. The van der Waals surface area contributed by atoms with Crippen LogP contribution in [-0.4, -0.2) is 28.8 Å². The monoisotopic (exact) mass is 282 g/mol. The van der Waals surface area contributed by atoms with Crippen LogP contribution in [0.25, 0.3) is 0 Å². The number of nitro groups is 1. The van der Waals surface area contributed by atoms with E-state index in [1.165, 1.54) is 4.90 Å². The minimum absolute atomic E-state index is 0.145. The maximum atomic E-state index is 13.7. The second-order valence-corrected chi connectivity index (χ2v) is 5.88. The second-order valence-electron chi connectivity index (χ2n) is 5.88. The molecule has 0 radical (unpaired) electrons. The molecule has 20 heavy (non-hydrogen) atoms. The molecule has 5 nitrogen and oxygen atoms in total. The molecule has 1 atom stereocenters. The van der Waals surface area contributed by atoms with Gasteiger partial charge in [0.2, 0.25) is 0 Å². The van der Waals surface area contributed by atoms with Crippen molar-refractivity contribution in [3.63, 3.8) is 0 Å². The summed E-state index contributed by atoms with van der Waals surface area (Å²) >= 11 is 0. The lowest BCUT2D eigenvalue weighted by Gasteiger charge is -2.35. The first-order valence-electron chi connectivity index (χ1n) is 6.26. The molecule has 6 heteroatoms. The van der Waals surface area contributed by atoms with Crippen LogP contribution in [0.15, 0.2) is 18.2 Å². The van der Waals surface area contributed by atoms with E-state index in [1.54, 1.807) is 7.05 Å². The largest absolute Gasteiger partial charge is 0.338 e. The summed E-state index contributed by atoms with van der Waals surface area (Å²) in [4.78, 5) is 23.8. The Morgan fingerprint density at radius 2 is 1.95 bits per heavy atom. The number of non-ortho nitro benzene ring substituents is 1. The van der Waals surface area contributed by atoms with Gasteiger partial charge >= 0.3 is 0 Å². The van der Waals surface area contributed by atoms with Gasteiger partial charge in [-0.05, 0) is 18.4 Å². The van der Waals surface area contributed by atoms with Crippen molar-refractivity contribution >= 4 is 11.6 Å². The Kier molecular flexibility index (Phi) is 4.47. The van der Waals surface area contributed by atoms with E-state index in [9.17, 15) is 19.3 Å². The zero-order chi connectivity index (χ0) is 15.7. The van der Waals surface area contributed by atoms with Crippen LogP contribution in [0.3, 0.4) is 0 Å². The van der Waals surface area contributed by atoms with Crippen molar-refractivity contribution in [2.24, 2.45) is 5.41 Å². The van der Waals surface area contributed by atoms with E-state index < -0.39 is 16.6 Å². The van der Waals surface area contributed by atoms with E-state index in [4.69, 9.17) is 0 Å².